The zero-order valence-corrected chi connectivity index (χ0v) is 12.9. The van der Waals surface area contributed by atoms with E-state index in [0.29, 0.717) is 25.0 Å². The molecule has 1 saturated carbocycles. The van der Waals surface area contributed by atoms with Gasteiger partial charge in [-0.3, -0.25) is 0 Å². The predicted molar refractivity (Wildman–Crippen MR) is 74.8 cm³/mol. The molecule has 0 aliphatic heterocycles. The minimum atomic E-state index is -3.64. The molecular weight excluding hydrogens is 302 g/mol. The molecule has 8 heteroatoms. The number of carbonyl (C=O) groups is 1. The van der Waals surface area contributed by atoms with Crippen LogP contribution in [-0.4, -0.2) is 38.2 Å². The van der Waals surface area contributed by atoms with E-state index in [1.165, 1.54) is 6.07 Å². The fourth-order valence-electron chi connectivity index (χ4n) is 2.11. The summed E-state index contributed by atoms with van der Waals surface area (Å²) in [6.07, 6.45) is 1.43. The van der Waals surface area contributed by atoms with Crippen molar-refractivity contribution in [2.75, 3.05) is 6.61 Å². The summed E-state index contributed by atoms with van der Waals surface area (Å²) in [5.41, 5.74) is 0.462. The van der Waals surface area contributed by atoms with Crippen LogP contribution in [0.3, 0.4) is 0 Å². The molecule has 6 nitrogen and oxygen atoms in total. The lowest BCUT2D eigenvalue weighted by Crippen LogP contribution is -2.47. The van der Waals surface area contributed by atoms with Crippen LogP contribution in [0.2, 0.25) is 0 Å². The Labute approximate surface area is 121 Å². The summed E-state index contributed by atoms with van der Waals surface area (Å²) in [6.45, 7) is 4.11. The van der Waals surface area contributed by atoms with E-state index in [9.17, 15) is 13.2 Å². The Hall–Kier alpha value is -0.960. The van der Waals surface area contributed by atoms with Crippen LogP contribution in [0.25, 0.3) is 0 Å². The van der Waals surface area contributed by atoms with E-state index in [2.05, 4.69) is 4.72 Å². The van der Waals surface area contributed by atoms with Gasteiger partial charge in [-0.1, -0.05) is 0 Å². The van der Waals surface area contributed by atoms with E-state index in [0.717, 1.165) is 11.3 Å². The van der Waals surface area contributed by atoms with Gasteiger partial charge < -0.3 is 9.84 Å². The van der Waals surface area contributed by atoms with E-state index in [1.807, 2.05) is 6.92 Å². The van der Waals surface area contributed by atoms with Gasteiger partial charge >= 0.3 is 5.97 Å². The van der Waals surface area contributed by atoms with Crippen LogP contribution in [0.15, 0.2) is 10.3 Å². The monoisotopic (exact) mass is 319 g/mol. The summed E-state index contributed by atoms with van der Waals surface area (Å²) in [7, 11) is -3.64. The van der Waals surface area contributed by atoms with Crippen molar-refractivity contribution in [3.63, 3.8) is 0 Å². The number of thiophene rings is 1. The highest BCUT2D eigenvalue weighted by molar-refractivity contribution is 7.91. The van der Waals surface area contributed by atoms with Crippen LogP contribution in [0.4, 0.5) is 0 Å². The van der Waals surface area contributed by atoms with Crippen molar-refractivity contribution in [1.82, 2.24) is 4.72 Å². The number of nitrogens with one attached hydrogen (secondary N) is 1. The molecule has 2 rings (SSSR count). The highest BCUT2D eigenvalue weighted by Crippen LogP contribution is 2.29. The van der Waals surface area contributed by atoms with Crippen LogP contribution >= 0.6 is 11.3 Å². The normalized spacial score (nSPS) is 22.5. The third kappa shape index (κ3) is 3.20. The fraction of sp³-hybridized carbons (Fsp3) is 0.583. The quantitative estimate of drug-likeness (QED) is 0.831. The molecule has 0 bridgehead atoms. The van der Waals surface area contributed by atoms with Crippen molar-refractivity contribution in [1.29, 1.82) is 0 Å². The molecule has 0 aromatic carbocycles. The lowest BCUT2D eigenvalue weighted by molar-refractivity contribution is -0.00475. The Balaban J connectivity index is 2.04. The van der Waals surface area contributed by atoms with Gasteiger partial charge in [0.25, 0.3) is 0 Å². The molecule has 0 saturated heterocycles. The highest BCUT2D eigenvalue weighted by atomic mass is 32.2. The Morgan fingerprint density at radius 3 is 2.70 bits per heavy atom. The Bertz CT molecular complexity index is 601. The van der Waals surface area contributed by atoms with E-state index in [4.69, 9.17) is 9.84 Å². The van der Waals surface area contributed by atoms with Crippen molar-refractivity contribution in [3.05, 3.63) is 16.5 Å². The number of hydrogen-bond donors (Lipinski definition) is 2. The molecule has 1 aliphatic rings. The summed E-state index contributed by atoms with van der Waals surface area (Å²) in [5.74, 6) is -1.10. The minimum Gasteiger partial charge on any atom is -0.477 e. The van der Waals surface area contributed by atoms with Gasteiger partial charge in [0.05, 0.1) is 6.10 Å². The molecule has 2 N–H and O–H groups in total. The van der Waals surface area contributed by atoms with Gasteiger partial charge in [0.2, 0.25) is 10.0 Å². The molecule has 20 heavy (non-hydrogen) atoms. The first-order valence-corrected chi connectivity index (χ1v) is 8.61. The topological polar surface area (TPSA) is 92.7 Å². The smallest absolute Gasteiger partial charge is 0.346 e. The molecule has 1 aliphatic carbocycles. The molecule has 1 heterocycles. The second kappa shape index (κ2) is 5.80. The number of carboxylic acid groups (broad SMARTS) is 1. The lowest BCUT2D eigenvalue weighted by atomic mass is 9.90. The molecular formula is C12H17NO5S2. The van der Waals surface area contributed by atoms with Gasteiger partial charge in [0, 0.05) is 12.6 Å². The van der Waals surface area contributed by atoms with E-state index >= 15 is 0 Å². The molecule has 0 atom stereocenters. The van der Waals surface area contributed by atoms with Gasteiger partial charge in [-0.2, -0.15) is 0 Å². The summed E-state index contributed by atoms with van der Waals surface area (Å²) in [6, 6.07) is 1.27. The standard InChI is InChI=1S/C12H17NO5S2/c1-3-18-9-5-8(6-9)13-20(16,17)10-4-7(2)11(19-10)12(14)15/h4,8-9,13H,3,5-6H2,1-2H3,(H,14,15). The first-order valence-electron chi connectivity index (χ1n) is 6.31. The lowest BCUT2D eigenvalue weighted by Gasteiger charge is -2.34. The number of hydrogen-bond acceptors (Lipinski definition) is 5. The number of aryl methyl sites for hydroxylation is 1. The average Bonchev–Trinajstić information content (AvgIpc) is 2.69. The van der Waals surface area contributed by atoms with Gasteiger partial charge in [0.15, 0.2) is 0 Å². The fourth-order valence-corrected chi connectivity index (χ4v) is 4.77. The number of rotatable bonds is 6. The van der Waals surface area contributed by atoms with Gasteiger partial charge in [-0.25, -0.2) is 17.9 Å². The third-order valence-electron chi connectivity index (χ3n) is 3.17. The molecule has 0 radical (unpaired) electrons. The van der Waals surface area contributed by atoms with E-state index in [1.54, 1.807) is 6.92 Å². The summed E-state index contributed by atoms with van der Waals surface area (Å²) in [4.78, 5) is 11.0. The first-order chi connectivity index (χ1) is 9.33. The van der Waals surface area contributed by atoms with E-state index in [-0.39, 0.29) is 21.2 Å². The predicted octanol–water partition coefficient (Wildman–Crippen LogP) is 1.60. The average molecular weight is 319 g/mol. The van der Waals surface area contributed by atoms with Gasteiger partial charge in [-0.05, 0) is 38.3 Å². The minimum absolute atomic E-state index is 0.0484. The number of aromatic carboxylic acids is 1. The van der Waals surface area contributed by atoms with Crippen molar-refractivity contribution in [2.24, 2.45) is 0 Å². The third-order valence-corrected chi connectivity index (χ3v) is 6.39. The van der Waals surface area contributed by atoms with Crippen LogP contribution in [0.5, 0.6) is 0 Å². The van der Waals surface area contributed by atoms with E-state index < -0.39 is 16.0 Å². The maximum atomic E-state index is 12.2. The zero-order valence-electron chi connectivity index (χ0n) is 11.3. The van der Waals surface area contributed by atoms with Crippen molar-refractivity contribution < 1.29 is 23.1 Å². The Kier molecular flexibility index (Phi) is 4.48. The van der Waals surface area contributed by atoms with Gasteiger partial charge in [-0.15, -0.1) is 11.3 Å². The largest absolute Gasteiger partial charge is 0.477 e. The number of ether oxygens (including phenoxy) is 1. The molecule has 0 unspecified atom stereocenters. The maximum absolute atomic E-state index is 12.2. The zero-order chi connectivity index (χ0) is 14.9. The number of sulfonamides is 1. The van der Waals surface area contributed by atoms with Gasteiger partial charge in [0.1, 0.15) is 9.09 Å². The SMILES string of the molecule is CCOC1CC(NS(=O)(=O)c2cc(C)c(C(=O)O)s2)C1. The molecule has 1 fully saturated rings. The Morgan fingerprint density at radius 2 is 2.20 bits per heavy atom. The summed E-state index contributed by atoms with van der Waals surface area (Å²) < 4.78 is 32.3. The van der Waals surface area contributed by atoms with Crippen LogP contribution in [0.1, 0.15) is 35.0 Å². The van der Waals surface area contributed by atoms with Crippen LogP contribution in [-0.2, 0) is 14.8 Å². The Morgan fingerprint density at radius 1 is 1.55 bits per heavy atom. The molecule has 112 valence electrons. The molecule has 0 spiro atoms. The molecule has 1 aromatic heterocycles. The maximum Gasteiger partial charge on any atom is 0.346 e. The molecule has 0 amide bonds. The van der Waals surface area contributed by atoms with Crippen molar-refractivity contribution in [2.45, 2.75) is 43.0 Å². The molecule has 1 aromatic rings. The second-order valence-corrected chi connectivity index (χ2v) is 7.74. The summed E-state index contributed by atoms with van der Waals surface area (Å²) >= 11 is 0.781. The first kappa shape index (κ1) is 15.4. The van der Waals surface area contributed by atoms with Crippen LogP contribution < -0.4 is 4.72 Å². The van der Waals surface area contributed by atoms with Crippen LogP contribution in [0, 0.1) is 6.92 Å². The summed E-state index contributed by atoms with van der Waals surface area (Å²) in [5, 5.41) is 8.96. The second-order valence-electron chi connectivity index (χ2n) is 4.75. The van der Waals surface area contributed by atoms with Crippen molar-refractivity contribution in [3.8, 4) is 0 Å². The number of carboxylic acids is 1. The van der Waals surface area contributed by atoms with Crippen molar-refractivity contribution >= 4 is 27.3 Å². The highest BCUT2D eigenvalue weighted by Gasteiger charge is 2.34.